The minimum absolute atomic E-state index is 0.203. The molecule has 1 aliphatic heterocycles. The maximum Gasteiger partial charge on any atom is 0.313 e. The summed E-state index contributed by atoms with van der Waals surface area (Å²) in [5.41, 5.74) is 1.80. The summed E-state index contributed by atoms with van der Waals surface area (Å²) in [6.45, 7) is 4.37. The minimum atomic E-state index is -0.698. The van der Waals surface area contributed by atoms with E-state index in [1.165, 1.54) is 12.1 Å². The smallest absolute Gasteiger partial charge is 0.313 e. The summed E-state index contributed by atoms with van der Waals surface area (Å²) in [5.74, 6) is 0.117. The molecule has 31 heavy (non-hydrogen) atoms. The number of carbonyl (C=O) groups is 1. The molecule has 3 aromatic rings. The standard InChI is InChI=1S/C24H26FN3O3/c1-2-30-23(29)24(10-4-12-28(17-24)16-18-5-3-11-26-15-18)14-21-13-22(27-31-21)19-6-8-20(25)9-7-19/h3,5-9,11,13,15H,2,4,10,12,14,16-17H2,1H3. The first-order valence-corrected chi connectivity index (χ1v) is 10.6. The Morgan fingerprint density at radius 2 is 2.13 bits per heavy atom. The van der Waals surface area contributed by atoms with E-state index in [1.54, 1.807) is 18.3 Å². The lowest BCUT2D eigenvalue weighted by molar-refractivity contribution is -0.159. The lowest BCUT2D eigenvalue weighted by atomic mass is 9.76. The molecule has 1 saturated heterocycles. The molecular formula is C24H26FN3O3. The van der Waals surface area contributed by atoms with Gasteiger partial charge in [-0.3, -0.25) is 14.7 Å². The van der Waals surface area contributed by atoms with Crippen molar-refractivity contribution in [3.8, 4) is 11.3 Å². The van der Waals surface area contributed by atoms with Gasteiger partial charge in [0, 0.05) is 43.5 Å². The molecule has 0 N–H and O–H groups in total. The zero-order valence-electron chi connectivity index (χ0n) is 17.6. The normalized spacial score (nSPS) is 19.3. The Morgan fingerprint density at radius 1 is 1.29 bits per heavy atom. The molecule has 6 nitrogen and oxygen atoms in total. The minimum Gasteiger partial charge on any atom is -0.466 e. The molecular weight excluding hydrogens is 397 g/mol. The molecule has 2 aromatic heterocycles. The Bertz CT molecular complexity index is 1010. The van der Waals surface area contributed by atoms with Gasteiger partial charge in [-0.1, -0.05) is 11.2 Å². The highest BCUT2D eigenvalue weighted by Gasteiger charge is 2.44. The third-order valence-corrected chi connectivity index (χ3v) is 5.70. The molecule has 162 valence electrons. The van der Waals surface area contributed by atoms with E-state index in [9.17, 15) is 9.18 Å². The molecule has 1 aliphatic rings. The van der Waals surface area contributed by atoms with Crippen LogP contribution in [0.2, 0.25) is 0 Å². The summed E-state index contributed by atoms with van der Waals surface area (Å²) in [4.78, 5) is 19.5. The van der Waals surface area contributed by atoms with Crippen LogP contribution >= 0.6 is 0 Å². The van der Waals surface area contributed by atoms with Gasteiger partial charge in [-0.15, -0.1) is 0 Å². The molecule has 1 fully saturated rings. The van der Waals surface area contributed by atoms with Crippen molar-refractivity contribution in [1.29, 1.82) is 0 Å². The maximum atomic E-state index is 13.2. The number of rotatable bonds is 7. The van der Waals surface area contributed by atoms with E-state index in [-0.39, 0.29) is 11.8 Å². The summed E-state index contributed by atoms with van der Waals surface area (Å²) in [5, 5.41) is 4.13. The molecule has 3 heterocycles. The van der Waals surface area contributed by atoms with Gasteiger partial charge in [0.1, 0.15) is 17.3 Å². The Morgan fingerprint density at radius 3 is 2.87 bits per heavy atom. The summed E-state index contributed by atoms with van der Waals surface area (Å²) < 4.78 is 24.3. The predicted octanol–water partition coefficient (Wildman–Crippen LogP) is 4.26. The third kappa shape index (κ3) is 4.99. The molecule has 1 atom stereocenters. The Hall–Kier alpha value is -3.06. The van der Waals surface area contributed by atoms with Crippen LogP contribution < -0.4 is 0 Å². The van der Waals surface area contributed by atoms with E-state index in [0.29, 0.717) is 31.0 Å². The van der Waals surface area contributed by atoms with E-state index in [2.05, 4.69) is 15.0 Å². The van der Waals surface area contributed by atoms with Gasteiger partial charge in [-0.05, 0) is 62.2 Å². The average molecular weight is 423 g/mol. The van der Waals surface area contributed by atoms with Crippen molar-refractivity contribution in [2.24, 2.45) is 5.41 Å². The molecule has 0 radical (unpaired) electrons. The fourth-order valence-electron chi connectivity index (χ4n) is 4.27. The van der Waals surface area contributed by atoms with E-state index in [4.69, 9.17) is 9.26 Å². The number of nitrogens with zero attached hydrogens (tertiary/aromatic N) is 3. The van der Waals surface area contributed by atoms with Gasteiger partial charge < -0.3 is 9.26 Å². The fraction of sp³-hybridized carbons (Fsp3) is 0.375. The van der Waals surface area contributed by atoms with Crippen LogP contribution in [-0.2, 0) is 22.5 Å². The van der Waals surface area contributed by atoms with Crippen LogP contribution in [0.4, 0.5) is 4.39 Å². The first-order chi connectivity index (χ1) is 15.1. The van der Waals surface area contributed by atoms with Crippen LogP contribution in [0.1, 0.15) is 31.1 Å². The monoisotopic (exact) mass is 423 g/mol. The largest absolute Gasteiger partial charge is 0.466 e. The molecule has 0 bridgehead atoms. The lowest BCUT2D eigenvalue weighted by Gasteiger charge is -2.40. The Kier molecular flexibility index (Phi) is 6.42. The van der Waals surface area contributed by atoms with Crippen molar-refractivity contribution in [2.75, 3.05) is 19.7 Å². The number of aromatic nitrogens is 2. The van der Waals surface area contributed by atoms with Crippen LogP contribution in [0.3, 0.4) is 0 Å². The summed E-state index contributed by atoms with van der Waals surface area (Å²) >= 11 is 0. The number of hydrogen-bond acceptors (Lipinski definition) is 6. The van der Waals surface area contributed by atoms with E-state index < -0.39 is 5.41 Å². The van der Waals surface area contributed by atoms with E-state index >= 15 is 0 Å². The number of hydrogen-bond donors (Lipinski definition) is 0. The van der Waals surface area contributed by atoms with Crippen LogP contribution in [0, 0.1) is 11.2 Å². The number of piperidine rings is 1. The van der Waals surface area contributed by atoms with Gasteiger partial charge in [0.2, 0.25) is 0 Å². The van der Waals surface area contributed by atoms with Crippen molar-refractivity contribution in [3.63, 3.8) is 0 Å². The average Bonchev–Trinajstić information content (AvgIpc) is 3.23. The van der Waals surface area contributed by atoms with E-state index in [1.807, 2.05) is 31.3 Å². The topological polar surface area (TPSA) is 68.5 Å². The van der Waals surface area contributed by atoms with Crippen molar-refractivity contribution >= 4 is 5.97 Å². The second-order valence-corrected chi connectivity index (χ2v) is 8.04. The molecule has 1 unspecified atom stereocenters. The summed E-state index contributed by atoms with van der Waals surface area (Å²) in [6.07, 6.45) is 5.63. The van der Waals surface area contributed by atoms with Crippen LogP contribution in [0.5, 0.6) is 0 Å². The molecule has 0 aliphatic carbocycles. The SMILES string of the molecule is CCOC(=O)C1(Cc2cc(-c3ccc(F)cc3)no2)CCCN(Cc2cccnc2)C1. The number of esters is 1. The second-order valence-electron chi connectivity index (χ2n) is 8.04. The molecule has 4 rings (SSSR count). The van der Waals surface area contributed by atoms with Crippen LogP contribution in [0.15, 0.2) is 59.4 Å². The number of ether oxygens (including phenoxy) is 1. The number of likely N-dealkylation sites (tertiary alicyclic amines) is 1. The third-order valence-electron chi connectivity index (χ3n) is 5.70. The Labute approximate surface area is 181 Å². The summed E-state index contributed by atoms with van der Waals surface area (Å²) in [7, 11) is 0. The molecule has 0 amide bonds. The molecule has 7 heteroatoms. The molecule has 1 aromatic carbocycles. The van der Waals surface area contributed by atoms with Crippen molar-refractivity contribution in [2.45, 2.75) is 32.7 Å². The van der Waals surface area contributed by atoms with Crippen molar-refractivity contribution < 1.29 is 18.4 Å². The molecule has 0 spiro atoms. The zero-order chi connectivity index (χ0) is 21.7. The van der Waals surface area contributed by atoms with Gasteiger partial charge in [-0.2, -0.15) is 0 Å². The van der Waals surface area contributed by atoms with Crippen molar-refractivity contribution in [3.05, 3.63) is 72.0 Å². The van der Waals surface area contributed by atoms with Gasteiger partial charge in [0.15, 0.2) is 0 Å². The quantitative estimate of drug-likeness (QED) is 0.529. The van der Waals surface area contributed by atoms with Crippen LogP contribution in [0.25, 0.3) is 11.3 Å². The highest BCUT2D eigenvalue weighted by Crippen LogP contribution is 2.36. The first-order valence-electron chi connectivity index (χ1n) is 10.6. The van der Waals surface area contributed by atoms with Gasteiger partial charge in [0.25, 0.3) is 0 Å². The highest BCUT2D eigenvalue weighted by atomic mass is 19.1. The Balaban J connectivity index is 1.55. The summed E-state index contributed by atoms with van der Waals surface area (Å²) in [6, 6.07) is 11.9. The predicted molar refractivity (Wildman–Crippen MR) is 113 cm³/mol. The van der Waals surface area contributed by atoms with Gasteiger partial charge >= 0.3 is 5.97 Å². The van der Waals surface area contributed by atoms with Crippen molar-refractivity contribution in [1.82, 2.24) is 15.0 Å². The van der Waals surface area contributed by atoms with Crippen LogP contribution in [-0.4, -0.2) is 40.7 Å². The number of pyridine rings is 1. The molecule has 0 saturated carbocycles. The van der Waals surface area contributed by atoms with Gasteiger partial charge in [0.05, 0.1) is 12.0 Å². The number of benzene rings is 1. The zero-order valence-corrected chi connectivity index (χ0v) is 17.6. The highest BCUT2D eigenvalue weighted by molar-refractivity contribution is 5.77. The maximum absolute atomic E-state index is 13.2. The number of halogens is 1. The van der Waals surface area contributed by atoms with Gasteiger partial charge in [-0.25, -0.2) is 4.39 Å². The first kappa shape index (κ1) is 21.2. The second kappa shape index (κ2) is 9.39. The fourth-order valence-corrected chi connectivity index (χ4v) is 4.27. The lowest BCUT2D eigenvalue weighted by Crippen LogP contribution is -2.49. The van der Waals surface area contributed by atoms with E-state index in [0.717, 1.165) is 37.1 Å². The number of carbonyl (C=O) groups excluding carboxylic acids is 1.